The van der Waals surface area contributed by atoms with Crippen LogP contribution in [0.2, 0.25) is 0 Å². The molecule has 1 atom stereocenters. The van der Waals surface area contributed by atoms with Crippen LogP contribution in [0.4, 0.5) is 4.39 Å². The highest BCUT2D eigenvalue weighted by molar-refractivity contribution is 5.94. The van der Waals surface area contributed by atoms with E-state index in [-0.39, 0.29) is 24.1 Å². The van der Waals surface area contributed by atoms with Crippen LogP contribution in [0, 0.1) is 5.82 Å². The molecule has 28 heavy (non-hydrogen) atoms. The molecule has 150 valence electrons. The smallest absolute Gasteiger partial charge is 0.293 e. The van der Waals surface area contributed by atoms with Gasteiger partial charge in [-0.1, -0.05) is 19.1 Å². The van der Waals surface area contributed by atoms with E-state index >= 15 is 0 Å². The van der Waals surface area contributed by atoms with Crippen LogP contribution in [-0.2, 0) is 6.54 Å². The lowest BCUT2D eigenvalue weighted by atomic mass is 10.1. The molecule has 0 bridgehead atoms. The van der Waals surface area contributed by atoms with Gasteiger partial charge in [0.2, 0.25) is 5.75 Å². The van der Waals surface area contributed by atoms with Gasteiger partial charge in [0.05, 0.1) is 6.04 Å². The molecule has 3 rings (SSSR count). The van der Waals surface area contributed by atoms with Gasteiger partial charge in [-0.15, -0.1) is 0 Å². The highest BCUT2D eigenvalue weighted by Crippen LogP contribution is 2.22. The van der Waals surface area contributed by atoms with Crippen molar-refractivity contribution >= 4 is 5.91 Å². The Labute approximate surface area is 162 Å². The van der Waals surface area contributed by atoms with Gasteiger partial charge in [-0.2, -0.15) is 0 Å². The second-order valence-electron chi connectivity index (χ2n) is 6.85. The quantitative estimate of drug-likeness (QED) is 0.701. The number of H-pyrrole nitrogens is 1. The summed E-state index contributed by atoms with van der Waals surface area (Å²) in [6.07, 6.45) is 0. The van der Waals surface area contributed by atoms with Gasteiger partial charge in [0.15, 0.2) is 5.69 Å². The normalized spacial score (nSPS) is 18.2. The molecule has 0 saturated carbocycles. The zero-order chi connectivity index (χ0) is 20.3. The Morgan fingerprint density at radius 1 is 1.36 bits per heavy atom. The van der Waals surface area contributed by atoms with E-state index in [9.17, 15) is 19.1 Å². The van der Waals surface area contributed by atoms with E-state index in [1.54, 1.807) is 12.1 Å². The number of aromatic hydroxyl groups is 1. The molecule has 1 amide bonds. The minimum atomic E-state index is -0.751. The van der Waals surface area contributed by atoms with E-state index in [0.717, 1.165) is 19.6 Å². The highest BCUT2D eigenvalue weighted by Gasteiger charge is 2.29. The number of carbonyl (C=O) groups excluding carboxylic acids is 1. The third-order valence-electron chi connectivity index (χ3n) is 4.99. The summed E-state index contributed by atoms with van der Waals surface area (Å²) >= 11 is 0. The summed E-state index contributed by atoms with van der Waals surface area (Å²) < 4.78 is 13.0. The minimum absolute atomic E-state index is 0.120. The Hall–Kier alpha value is -2.78. The Kier molecular flexibility index (Phi) is 6.05. The van der Waals surface area contributed by atoms with Crippen molar-refractivity contribution in [1.29, 1.82) is 0 Å². The van der Waals surface area contributed by atoms with Crippen LogP contribution in [0.1, 0.15) is 34.8 Å². The summed E-state index contributed by atoms with van der Waals surface area (Å²) in [7, 11) is 1.93. The second-order valence-corrected chi connectivity index (χ2v) is 6.85. The number of amides is 1. The molecule has 1 aliphatic heterocycles. The number of nitrogens with one attached hydrogen (secondary N) is 2. The van der Waals surface area contributed by atoms with Gasteiger partial charge in [-0.25, -0.2) is 9.37 Å². The topological polar surface area (TPSA) is 102 Å². The first-order valence-electron chi connectivity index (χ1n) is 9.17. The zero-order valence-electron chi connectivity index (χ0n) is 15.9. The first kappa shape index (κ1) is 20.0. The molecule has 0 spiro atoms. The number of benzene rings is 1. The Morgan fingerprint density at radius 3 is 2.75 bits per heavy atom. The van der Waals surface area contributed by atoms with Crippen LogP contribution in [-0.4, -0.2) is 64.0 Å². The standard InChI is InChI=1S/C19H24FN5O3/c1-3-25-9-8-24(2)14(11-25)17-22-15(16(26)19(28)23-17)18(27)21-10-12-4-6-13(20)7-5-12/h4-7,14,26H,3,8-11H2,1-2H3,(H,21,27)(H,22,23,28). The molecule has 0 radical (unpaired) electrons. The van der Waals surface area contributed by atoms with Gasteiger partial charge in [0.25, 0.3) is 11.5 Å². The fourth-order valence-corrected chi connectivity index (χ4v) is 3.18. The SMILES string of the molecule is CCN1CCN(C)C(c2nc(C(=O)NCc3ccc(F)cc3)c(O)c(=O)[nH]2)C1. The van der Waals surface area contributed by atoms with E-state index in [0.29, 0.717) is 17.9 Å². The van der Waals surface area contributed by atoms with Crippen molar-refractivity contribution < 1.29 is 14.3 Å². The average molecular weight is 389 g/mol. The molecule has 8 nitrogen and oxygen atoms in total. The maximum atomic E-state index is 13.0. The molecule has 1 saturated heterocycles. The van der Waals surface area contributed by atoms with E-state index in [4.69, 9.17) is 0 Å². The fraction of sp³-hybridized carbons (Fsp3) is 0.421. The lowest BCUT2D eigenvalue weighted by Crippen LogP contribution is -2.47. The molecule has 2 heterocycles. The lowest BCUT2D eigenvalue weighted by molar-refractivity contribution is 0.0911. The number of piperazine rings is 1. The van der Waals surface area contributed by atoms with Crippen molar-refractivity contribution in [2.75, 3.05) is 33.2 Å². The molecule has 1 fully saturated rings. The monoisotopic (exact) mass is 389 g/mol. The first-order valence-corrected chi connectivity index (χ1v) is 9.17. The molecule has 1 aliphatic rings. The maximum Gasteiger partial charge on any atom is 0.293 e. The zero-order valence-corrected chi connectivity index (χ0v) is 15.9. The molecule has 2 aromatic rings. The molecule has 1 aromatic carbocycles. The number of halogens is 1. The lowest BCUT2D eigenvalue weighted by Gasteiger charge is -2.38. The third-order valence-corrected chi connectivity index (χ3v) is 4.99. The minimum Gasteiger partial charge on any atom is -0.501 e. The van der Waals surface area contributed by atoms with Gasteiger partial charge >= 0.3 is 0 Å². The number of aromatic amines is 1. The van der Waals surface area contributed by atoms with Crippen molar-refractivity contribution in [1.82, 2.24) is 25.1 Å². The summed E-state index contributed by atoms with van der Waals surface area (Å²) in [5.41, 5.74) is -0.383. The Bertz CT molecular complexity index is 899. The molecule has 1 unspecified atom stereocenters. The molecule has 0 aliphatic carbocycles. The van der Waals surface area contributed by atoms with Gasteiger partial charge in [-0.3, -0.25) is 14.5 Å². The van der Waals surface area contributed by atoms with Crippen molar-refractivity contribution in [2.24, 2.45) is 0 Å². The van der Waals surface area contributed by atoms with Gasteiger partial charge < -0.3 is 20.3 Å². The van der Waals surface area contributed by atoms with Crippen molar-refractivity contribution in [3.63, 3.8) is 0 Å². The molecule has 3 N–H and O–H groups in total. The van der Waals surface area contributed by atoms with E-state index in [1.165, 1.54) is 12.1 Å². The number of likely N-dealkylation sites (N-methyl/N-ethyl adjacent to an activating group) is 2. The number of aromatic nitrogens is 2. The molecule has 9 heteroatoms. The first-order chi connectivity index (χ1) is 13.4. The Morgan fingerprint density at radius 2 is 2.07 bits per heavy atom. The summed E-state index contributed by atoms with van der Waals surface area (Å²) in [5.74, 6) is -1.41. The van der Waals surface area contributed by atoms with Crippen LogP contribution < -0.4 is 10.9 Å². The predicted molar refractivity (Wildman–Crippen MR) is 102 cm³/mol. The number of hydrogen-bond donors (Lipinski definition) is 3. The van der Waals surface area contributed by atoms with Gasteiger partial charge in [0, 0.05) is 26.2 Å². The van der Waals surface area contributed by atoms with Crippen molar-refractivity contribution in [3.8, 4) is 5.75 Å². The van der Waals surface area contributed by atoms with E-state index in [2.05, 4.69) is 32.0 Å². The summed E-state index contributed by atoms with van der Waals surface area (Å²) in [5, 5.41) is 12.7. The fourth-order valence-electron chi connectivity index (χ4n) is 3.18. The number of rotatable bonds is 5. The molecular formula is C19H24FN5O3. The summed E-state index contributed by atoms with van der Waals surface area (Å²) in [4.78, 5) is 35.8. The van der Waals surface area contributed by atoms with Crippen LogP contribution >= 0.6 is 0 Å². The van der Waals surface area contributed by atoms with Crippen molar-refractivity contribution in [3.05, 3.63) is 57.5 Å². The van der Waals surface area contributed by atoms with Crippen LogP contribution in [0.25, 0.3) is 0 Å². The number of hydrogen-bond acceptors (Lipinski definition) is 6. The van der Waals surface area contributed by atoms with E-state index in [1.807, 2.05) is 7.05 Å². The van der Waals surface area contributed by atoms with Crippen LogP contribution in [0.15, 0.2) is 29.1 Å². The van der Waals surface area contributed by atoms with Gasteiger partial charge in [-0.05, 0) is 31.3 Å². The van der Waals surface area contributed by atoms with Crippen LogP contribution in [0.5, 0.6) is 5.75 Å². The summed E-state index contributed by atoms with van der Waals surface area (Å²) in [6, 6.07) is 5.48. The maximum absolute atomic E-state index is 13.0. The second kappa shape index (κ2) is 8.49. The number of nitrogens with zero attached hydrogens (tertiary/aromatic N) is 3. The third kappa shape index (κ3) is 4.37. The average Bonchev–Trinajstić information content (AvgIpc) is 2.69. The predicted octanol–water partition coefficient (Wildman–Crippen LogP) is 0.853. The van der Waals surface area contributed by atoms with E-state index < -0.39 is 17.2 Å². The number of carbonyl (C=O) groups is 1. The highest BCUT2D eigenvalue weighted by atomic mass is 19.1. The van der Waals surface area contributed by atoms with Gasteiger partial charge in [0.1, 0.15) is 11.6 Å². The summed E-state index contributed by atoms with van der Waals surface area (Å²) in [6.45, 7) is 5.43. The molecule has 1 aromatic heterocycles. The van der Waals surface area contributed by atoms with Crippen molar-refractivity contribution in [2.45, 2.75) is 19.5 Å². The molecular weight excluding hydrogens is 365 g/mol. The largest absolute Gasteiger partial charge is 0.501 e. The Balaban J connectivity index is 1.81. The van der Waals surface area contributed by atoms with Crippen LogP contribution in [0.3, 0.4) is 0 Å².